The number of nitrogens with zero attached hydrogens (tertiary/aromatic N) is 4. The number of alkyl halides is 6. The Balaban J connectivity index is 1.39. The minimum atomic E-state index is -5.77. The van der Waals surface area contributed by atoms with Gasteiger partial charge >= 0.3 is 18.4 Å². The van der Waals surface area contributed by atoms with E-state index in [4.69, 9.17) is 0 Å². The molecule has 1 spiro atoms. The van der Waals surface area contributed by atoms with Gasteiger partial charge in [-0.3, -0.25) is 9.48 Å². The fourth-order valence-electron chi connectivity index (χ4n) is 4.86. The van der Waals surface area contributed by atoms with Gasteiger partial charge in [0, 0.05) is 31.4 Å². The average Bonchev–Trinajstić information content (AvgIpc) is 3.44. The zero-order chi connectivity index (χ0) is 26.1. The van der Waals surface area contributed by atoms with Crippen molar-refractivity contribution in [2.45, 2.75) is 56.2 Å². The second kappa shape index (κ2) is 9.66. The van der Waals surface area contributed by atoms with Gasteiger partial charge in [0.1, 0.15) is 0 Å². The summed E-state index contributed by atoms with van der Waals surface area (Å²) < 4.78 is 81.9. The number of carbonyl (C=O) groups excluding carboxylic acids is 2. The molecule has 0 aliphatic carbocycles. The first-order valence-electron chi connectivity index (χ1n) is 11.4. The normalized spacial score (nSPS) is 18.2. The van der Waals surface area contributed by atoms with Crippen LogP contribution in [0.4, 0.5) is 31.1 Å². The molecule has 0 atom stereocenters. The lowest BCUT2D eigenvalue weighted by Crippen LogP contribution is -2.56. The predicted octanol–water partition coefficient (Wildman–Crippen LogP) is 4.63. The molecule has 0 saturated carbocycles. The lowest BCUT2D eigenvalue weighted by Gasteiger charge is -2.44. The number of rotatable bonds is 4. The lowest BCUT2D eigenvalue weighted by molar-refractivity contribution is -0.308. The van der Waals surface area contributed by atoms with Gasteiger partial charge in [0.15, 0.2) is 0 Å². The maximum Gasteiger partial charge on any atom is 0.434 e. The van der Waals surface area contributed by atoms with E-state index < -0.39 is 30.1 Å². The van der Waals surface area contributed by atoms with Crippen LogP contribution < -0.4 is 0 Å². The molecule has 0 bridgehead atoms. The number of halogens is 6. The van der Waals surface area contributed by atoms with Crippen molar-refractivity contribution in [1.82, 2.24) is 19.6 Å². The van der Waals surface area contributed by atoms with Crippen LogP contribution in [0.25, 0.3) is 0 Å². The molecule has 7 nitrogen and oxygen atoms in total. The number of carbonyl (C=O) groups is 2. The van der Waals surface area contributed by atoms with Crippen molar-refractivity contribution in [1.29, 1.82) is 0 Å². The molecule has 2 aromatic rings. The van der Waals surface area contributed by atoms with Crippen molar-refractivity contribution < 1.29 is 40.7 Å². The molecule has 196 valence electrons. The fourth-order valence-corrected chi connectivity index (χ4v) is 4.86. The summed E-state index contributed by atoms with van der Waals surface area (Å²) in [5.41, 5.74) is 0.755. The molecule has 0 N–H and O–H groups in total. The summed E-state index contributed by atoms with van der Waals surface area (Å²) >= 11 is 0. The molecule has 4 rings (SSSR count). The molecule has 3 heterocycles. The minimum Gasteiger partial charge on any atom is -0.426 e. The number of amides is 2. The van der Waals surface area contributed by atoms with E-state index in [2.05, 4.69) is 9.84 Å². The van der Waals surface area contributed by atoms with Gasteiger partial charge in [-0.1, -0.05) is 30.3 Å². The molecule has 36 heavy (non-hydrogen) atoms. The van der Waals surface area contributed by atoms with Crippen LogP contribution in [0.15, 0.2) is 42.7 Å². The Hall–Kier alpha value is -3.25. The number of benzene rings is 1. The van der Waals surface area contributed by atoms with Crippen molar-refractivity contribution in [3.05, 3.63) is 53.9 Å². The molecule has 2 aliphatic rings. The van der Waals surface area contributed by atoms with Crippen LogP contribution in [0.5, 0.6) is 0 Å². The Morgan fingerprint density at radius 1 is 0.972 bits per heavy atom. The second-order valence-electron chi connectivity index (χ2n) is 9.03. The third kappa shape index (κ3) is 5.44. The number of hydrogen-bond donors (Lipinski definition) is 0. The highest BCUT2D eigenvalue weighted by molar-refractivity contribution is 5.94. The molecular formula is C23H24F6N4O3. The van der Waals surface area contributed by atoms with Crippen LogP contribution in [-0.2, 0) is 11.3 Å². The van der Waals surface area contributed by atoms with Gasteiger partial charge in [0.05, 0.1) is 18.3 Å². The quantitative estimate of drug-likeness (QED) is 0.554. The van der Waals surface area contributed by atoms with Gasteiger partial charge in [0.2, 0.25) is 0 Å². The Morgan fingerprint density at radius 3 is 2.22 bits per heavy atom. The molecule has 13 heteroatoms. The fraction of sp³-hybridized carbons (Fsp3) is 0.522. The van der Waals surface area contributed by atoms with Crippen molar-refractivity contribution in [3.8, 4) is 0 Å². The van der Waals surface area contributed by atoms with Crippen LogP contribution >= 0.6 is 0 Å². The number of aromatic nitrogens is 2. The molecule has 2 fully saturated rings. The smallest absolute Gasteiger partial charge is 0.426 e. The zero-order valence-corrected chi connectivity index (χ0v) is 19.1. The molecule has 0 radical (unpaired) electrons. The van der Waals surface area contributed by atoms with Crippen LogP contribution in [0.1, 0.15) is 41.6 Å². The summed E-state index contributed by atoms with van der Waals surface area (Å²) in [6, 6.07) is 9.55. The summed E-state index contributed by atoms with van der Waals surface area (Å²) in [6.07, 6.45) is -12.6. The maximum atomic E-state index is 13.3. The molecule has 2 saturated heterocycles. The van der Waals surface area contributed by atoms with Gasteiger partial charge in [-0.05, 0) is 31.2 Å². The van der Waals surface area contributed by atoms with Gasteiger partial charge < -0.3 is 14.5 Å². The number of hydrogen-bond acceptors (Lipinski definition) is 4. The van der Waals surface area contributed by atoms with Crippen molar-refractivity contribution in [3.63, 3.8) is 0 Å². The Morgan fingerprint density at radius 2 is 1.61 bits per heavy atom. The van der Waals surface area contributed by atoms with E-state index in [0.717, 1.165) is 10.5 Å². The lowest BCUT2D eigenvalue weighted by atomic mass is 9.85. The van der Waals surface area contributed by atoms with E-state index in [1.165, 1.54) is 6.20 Å². The van der Waals surface area contributed by atoms with Gasteiger partial charge in [-0.25, -0.2) is 4.79 Å². The highest BCUT2D eigenvalue weighted by Gasteiger charge is 2.60. The number of piperidine rings is 1. The summed E-state index contributed by atoms with van der Waals surface area (Å²) in [5, 5.41) is 4.26. The van der Waals surface area contributed by atoms with E-state index in [9.17, 15) is 35.9 Å². The molecule has 1 aromatic carbocycles. The number of likely N-dealkylation sites (tertiary alicyclic amines) is 2. The SMILES string of the molecule is O=C(OC(C(F)(F)F)C(F)(F)F)N1CCC2(CCCN2C(=O)c2cnn(Cc3ccccc3)c2)CC1. The van der Waals surface area contributed by atoms with E-state index >= 15 is 0 Å². The second-order valence-corrected chi connectivity index (χ2v) is 9.03. The zero-order valence-electron chi connectivity index (χ0n) is 19.1. The summed E-state index contributed by atoms with van der Waals surface area (Å²) in [7, 11) is 0. The predicted molar refractivity (Wildman–Crippen MR) is 114 cm³/mol. The van der Waals surface area contributed by atoms with Gasteiger partial charge in [0.25, 0.3) is 12.0 Å². The molecule has 2 amide bonds. The van der Waals surface area contributed by atoms with Crippen LogP contribution in [0.3, 0.4) is 0 Å². The first kappa shape index (κ1) is 25.8. The van der Waals surface area contributed by atoms with Crippen molar-refractivity contribution in [2.24, 2.45) is 0 Å². The average molecular weight is 518 g/mol. The first-order chi connectivity index (χ1) is 16.9. The van der Waals surface area contributed by atoms with Crippen LogP contribution in [-0.4, -0.2) is 75.2 Å². The molecule has 0 unspecified atom stereocenters. The Bertz CT molecular complexity index is 1060. The Kier molecular flexibility index (Phi) is 6.93. The van der Waals surface area contributed by atoms with Gasteiger partial charge in [-0.15, -0.1) is 0 Å². The van der Waals surface area contributed by atoms with E-state index in [1.807, 2.05) is 30.3 Å². The van der Waals surface area contributed by atoms with Crippen molar-refractivity contribution >= 4 is 12.0 Å². The maximum absolute atomic E-state index is 13.3. The highest BCUT2D eigenvalue weighted by Crippen LogP contribution is 2.40. The van der Waals surface area contributed by atoms with Crippen LogP contribution in [0.2, 0.25) is 0 Å². The molecular weight excluding hydrogens is 494 g/mol. The third-order valence-electron chi connectivity index (χ3n) is 6.67. The topological polar surface area (TPSA) is 67.7 Å². The summed E-state index contributed by atoms with van der Waals surface area (Å²) in [5.74, 6) is -0.253. The minimum absolute atomic E-state index is 0.127. The largest absolute Gasteiger partial charge is 0.434 e. The summed E-state index contributed by atoms with van der Waals surface area (Å²) in [6.45, 7) is 0.682. The van der Waals surface area contributed by atoms with E-state index in [0.29, 0.717) is 31.5 Å². The summed E-state index contributed by atoms with van der Waals surface area (Å²) in [4.78, 5) is 27.9. The molecule has 1 aromatic heterocycles. The number of ether oxygens (including phenoxy) is 1. The highest BCUT2D eigenvalue weighted by atomic mass is 19.4. The van der Waals surface area contributed by atoms with Crippen LogP contribution in [0, 0.1) is 0 Å². The van der Waals surface area contributed by atoms with E-state index in [1.54, 1.807) is 15.8 Å². The van der Waals surface area contributed by atoms with Gasteiger partial charge in [-0.2, -0.15) is 31.4 Å². The first-order valence-corrected chi connectivity index (χ1v) is 11.4. The standard InChI is InChI=1S/C23H24F6N4O3/c24-22(25,26)19(23(27,28)29)36-20(35)31-11-8-21(9-12-31)7-4-10-33(21)18(34)17-13-30-32(15-17)14-16-5-2-1-3-6-16/h1-3,5-6,13,15,19H,4,7-12,14H2. The monoisotopic (exact) mass is 518 g/mol. The third-order valence-corrected chi connectivity index (χ3v) is 6.67. The molecule has 2 aliphatic heterocycles. The van der Waals surface area contributed by atoms with Crippen molar-refractivity contribution in [2.75, 3.05) is 19.6 Å². The Labute approximate surface area is 202 Å². The van der Waals surface area contributed by atoms with E-state index in [-0.39, 0.29) is 31.8 Å².